The lowest BCUT2D eigenvalue weighted by Gasteiger charge is -2.24. The van der Waals surface area contributed by atoms with Crippen molar-refractivity contribution in [2.75, 3.05) is 13.3 Å². The van der Waals surface area contributed by atoms with E-state index in [1.807, 2.05) is 18.8 Å². The summed E-state index contributed by atoms with van der Waals surface area (Å²) in [5.74, 6) is -0.207. The van der Waals surface area contributed by atoms with E-state index in [1.54, 1.807) is 0 Å². The molecular formula is C8H16N2OS. The lowest BCUT2D eigenvalue weighted by molar-refractivity contribution is -0.124. The average Bonchev–Trinajstić information content (AvgIpc) is 2.48. The molecule has 1 aliphatic rings. The lowest BCUT2D eigenvalue weighted by Crippen LogP contribution is -2.52. The van der Waals surface area contributed by atoms with E-state index in [4.69, 9.17) is 5.73 Å². The Morgan fingerprint density at radius 1 is 1.75 bits per heavy atom. The first-order chi connectivity index (χ1) is 5.64. The van der Waals surface area contributed by atoms with Crippen molar-refractivity contribution < 1.29 is 4.79 Å². The number of thioether (sulfide) groups is 1. The zero-order valence-corrected chi connectivity index (χ0v) is 8.41. The van der Waals surface area contributed by atoms with Crippen molar-refractivity contribution in [3.63, 3.8) is 0 Å². The molecule has 1 aliphatic carbocycles. The molecule has 3 nitrogen and oxygen atoms in total. The molecule has 4 heteroatoms. The first-order valence-corrected chi connectivity index (χ1v) is 5.45. The second-order valence-corrected chi connectivity index (χ2v) is 4.43. The van der Waals surface area contributed by atoms with Crippen molar-refractivity contribution in [2.45, 2.75) is 30.1 Å². The Hall–Kier alpha value is -0.220. The maximum Gasteiger partial charge on any atom is 0.237 e. The number of amides is 1. The van der Waals surface area contributed by atoms with Gasteiger partial charge in [0.05, 0.1) is 5.54 Å². The van der Waals surface area contributed by atoms with Crippen LogP contribution >= 0.6 is 11.8 Å². The predicted molar refractivity (Wildman–Crippen MR) is 52.1 cm³/mol. The zero-order valence-electron chi connectivity index (χ0n) is 7.59. The second-order valence-electron chi connectivity index (χ2n) is 3.30. The third-order valence-corrected chi connectivity index (χ3v) is 3.82. The Morgan fingerprint density at radius 3 is 2.67 bits per heavy atom. The van der Waals surface area contributed by atoms with Crippen LogP contribution in [-0.2, 0) is 4.79 Å². The average molecular weight is 188 g/mol. The molecule has 0 aliphatic heterocycles. The van der Waals surface area contributed by atoms with Gasteiger partial charge < -0.3 is 11.1 Å². The normalized spacial score (nSPS) is 35.3. The minimum absolute atomic E-state index is 0.207. The molecule has 1 rings (SSSR count). The number of nitrogens with two attached hydrogens (primary N) is 1. The van der Waals surface area contributed by atoms with E-state index < -0.39 is 5.54 Å². The number of nitrogens with one attached hydrogen (secondary N) is 1. The number of rotatable bonds is 3. The molecule has 0 radical (unpaired) electrons. The summed E-state index contributed by atoms with van der Waals surface area (Å²) in [5.41, 5.74) is 4.93. The summed E-state index contributed by atoms with van der Waals surface area (Å²) in [5, 5.41) is 3.64. The van der Waals surface area contributed by atoms with Crippen LogP contribution in [0.2, 0.25) is 0 Å². The maximum absolute atomic E-state index is 11.2. The number of hydrogen-bond donors (Lipinski definition) is 2. The van der Waals surface area contributed by atoms with Crippen LogP contribution in [0.5, 0.6) is 0 Å². The molecule has 0 bridgehead atoms. The van der Waals surface area contributed by atoms with Crippen LogP contribution in [0.25, 0.3) is 0 Å². The summed E-state index contributed by atoms with van der Waals surface area (Å²) >= 11 is 1.82. The summed E-state index contributed by atoms with van der Waals surface area (Å²) in [4.78, 5) is 11.2. The number of carbonyl (C=O) groups is 1. The highest BCUT2D eigenvalue weighted by Crippen LogP contribution is 2.35. The maximum atomic E-state index is 11.2. The van der Waals surface area contributed by atoms with Crippen molar-refractivity contribution >= 4 is 17.7 Å². The van der Waals surface area contributed by atoms with Crippen LogP contribution in [-0.4, -0.2) is 30.0 Å². The van der Waals surface area contributed by atoms with Gasteiger partial charge in [0.2, 0.25) is 5.91 Å². The highest BCUT2D eigenvalue weighted by molar-refractivity contribution is 7.99. The van der Waals surface area contributed by atoms with Gasteiger partial charge in [-0.15, -0.1) is 0 Å². The van der Waals surface area contributed by atoms with Crippen LogP contribution in [0.3, 0.4) is 0 Å². The third kappa shape index (κ3) is 1.59. The number of likely N-dealkylation sites (N-methyl/N-ethyl adjacent to an activating group) is 1. The minimum atomic E-state index is -0.423. The largest absolute Gasteiger partial charge is 0.368 e. The van der Waals surface area contributed by atoms with Gasteiger partial charge in [0, 0.05) is 5.25 Å². The van der Waals surface area contributed by atoms with Crippen molar-refractivity contribution in [3.05, 3.63) is 0 Å². The number of carbonyl (C=O) groups excluding carboxylic acids is 1. The van der Waals surface area contributed by atoms with Crippen molar-refractivity contribution in [2.24, 2.45) is 5.73 Å². The number of primary amides is 1. The van der Waals surface area contributed by atoms with Gasteiger partial charge in [0.15, 0.2) is 0 Å². The molecule has 3 N–H and O–H groups in total. The van der Waals surface area contributed by atoms with E-state index in [-0.39, 0.29) is 5.91 Å². The van der Waals surface area contributed by atoms with Gasteiger partial charge in [-0.1, -0.05) is 0 Å². The van der Waals surface area contributed by atoms with Gasteiger partial charge in [-0.25, -0.2) is 0 Å². The molecule has 1 saturated carbocycles. The molecule has 2 unspecified atom stereocenters. The Bertz CT molecular complexity index is 186. The van der Waals surface area contributed by atoms with Crippen molar-refractivity contribution in [3.8, 4) is 0 Å². The topological polar surface area (TPSA) is 55.1 Å². The molecule has 0 aromatic heterocycles. The molecule has 70 valence electrons. The molecule has 1 amide bonds. The monoisotopic (exact) mass is 188 g/mol. The molecule has 0 aromatic carbocycles. The van der Waals surface area contributed by atoms with E-state index in [9.17, 15) is 4.79 Å². The Labute approximate surface area is 77.5 Å². The van der Waals surface area contributed by atoms with Gasteiger partial charge in [-0.05, 0) is 32.6 Å². The van der Waals surface area contributed by atoms with Gasteiger partial charge in [0.25, 0.3) is 0 Å². The third-order valence-electron chi connectivity index (χ3n) is 2.75. The molecular weight excluding hydrogens is 172 g/mol. The lowest BCUT2D eigenvalue weighted by atomic mass is 9.97. The minimum Gasteiger partial charge on any atom is -0.368 e. The smallest absolute Gasteiger partial charge is 0.237 e. The molecule has 0 saturated heterocycles. The predicted octanol–water partition coefficient (Wildman–Crippen LogP) is 0.345. The van der Waals surface area contributed by atoms with E-state index in [0.717, 1.165) is 19.3 Å². The van der Waals surface area contributed by atoms with Crippen molar-refractivity contribution in [1.82, 2.24) is 5.32 Å². The highest BCUT2D eigenvalue weighted by atomic mass is 32.2. The van der Waals surface area contributed by atoms with Gasteiger partial charge in [-0.3, -0.25) is 4.79 Å². The summed E-state index contributed by atoms with van der Waals surface area (Å²) in [7, 11) is 1.81. The van der Waals surface area contributed by atoms with E-state index in [1.165, 1.54) is 0 Å². The summed E-state index contributed by atoms with van der Waals surface area (Å²) < 4.78 is 0. The van der Waals surface area contributed by atoms with Crippen molar-refractivity contribution in [1.29, 1.82) is 0 Å². The Morgan fingerprint density at radius 2 is 2.42 bits per heavy atom. The molecule has 1 fully saturated rings. The van der Waals surface area contributed by atoms with Gasteiger partial charge in [0.1, 0.15) is 0 Å². The van der Waals surface area contributed by atoms with Crippen LogP contribution in [0, 0.1) is 0 Å². The molecule has 0 spiro atoms. The van der Waals surface area contributed by atoms with Crippen LogP contribution in [0.4, 0.5) is 0 Å². The summed E-state index contributed by atoms with van der Waals surface area (Å²) in [6.45, 7) is 0. The van der Waals surface area contributed by atoms with E-state index >= 15 is 0 Å². The molecule has 0 heterocycles. The van der Waals surface area contributed by atoms with Gasteiger partial charge >= 0.3 is 0 Å². The SMILES string of the molecule is CNC1(C(N)=O)CCC(SC)C1. The fraction of sp³-hybridized carbons (Fsp3) is 0.875. The first kappa shape index (κ1) is 9.86. The van der Waals surface area contributed by atoms with Crippen LogP contribution in [0.1, 0.15) is 19.3 Å². The highest BCUT2D eigenvalue weighted by Gasteiger charge is 2.42. The fourth-order valence-electron chi connectivity index (χ4n) is 1.78. The Kier molecular flexibility index (Phi) is 3.01. The van der Waals surface area contributed by atoms with Crippen LogP contribution < -0.4 is 11.1 Å². The van der Waals surface area contributed by atoms with E-state index in [0.29, 0.717) is 5.25 Å². The fourth-order valence-corrected chi connectivity index (χ4v) is 2.58. The zero-order chi connectivity index (χ0) is 9.19. The summed E-state index contributed by atoms with van der Waals surface area (Å²) in [6.07, 6.45) is 4.92. The Balaban J connectivity index is 2.66. The molecule has 0 aromatic rings. The van der Waals surface area contributed by atoms with E-state index in [2.05, 4.69) is 11.6 Å². The molecule has 2 atom stereocenters. The van der Waals surface area contributed by atoms with Crippen LogP contribution in [0.15, 0.2) is 0 Å². The first-order valence-electron chi connectivity index (χ1n) is 4.16. The summed E-state index contributed by atoms with van der Waals surface area (Å²) in [6, 6.07) is 0. The standard InChI is InChI=1S/C8H16N2OS/c1-10-8(7(9)11)4-3-6(5-8)12-2/h6,10H,3-5H2,1-2H3,(H2,9,11). The van der Waals surface area contributed by atoms with Gasteiger partial charge in [-0.2, -0.15) is 11.8 Å². The quantitative estimate of drug-likeness (QED) is 0.672. The molecule has 12 heavy (non-hydrogen) atoms. The number of hydrogen-bond acceptors (Lipinski definition) is 3. The second kappa shape index (κ2) is 3.66.